The number of carbonyl (C=O) groups is 1. The van der Waals surface area contributed by atoms with Crippen molar-refractivity contribution in [1.29, 1.82) is 5.26 Å². The molecule has 11 nitrogen and oxygen atoms in total. The number of ether oxygens (including phenoxy) is 1. The molecule has 12 heteroatoms. The number of amides is 1. The minimum atomic E-state index is -0.626. The lowest BCUT2D eigenvalue weighted by molar-refractivity contribution is -0.132. The molecule has 7 rings (SSSR count). The highest BCUT2D eigenvalue weighted by Crippen LogP contribution is 2.49. The van der Waals surface area contributed by atoms with Gasteiger partial charge in [0.15, 0.2) is 0 Å². The molecule has 3 aromatic heterocycles. The number of nitriles is 1. The summed E-state index contributed by atoms with van der Waals surface area (Å²) in [5, 5.41) is 15.0. The zero-order valence-corrected chi connectivity index (χ0v) is 28.4. The number of nitrogens with zero attached hydrogens (tertiary/aromatic N) is 7. The number of rotatable bonds is 7. The lowest BCUT2D eigenvalue weighted by Gasteiger charge is -2.49. The highest BCUT2D eigenvalue weighted by Gasteiger charge is 2.46. The fraction of sp³-hybridized carbons (Fsp3) is 0.571. The molecule has 2 saturated heterocycles. The predicted octanol–water partition coefficient (Wildman–Crippen LogP) is 5.30. The number of pyridine rings is 1. The summed E-state index contributed by atoms with van der Waals surface area (Å²) < 4.78 is 12.6. The van der Waals surface area contributed by atoms with E-state index in [1.54, 1.807) is 0 Å². The summed E-state index contributed by atoms with van der Waals surface area (Å²) in [6, 6.07) is 6.67. The number of carbonyl (C=O) groups excluding carboxylic acids is 1. The van der Waals surface area contributed by atoms with Crippen LogP contribution in [-0.2, 0) is 16.6 Å². The first-order valence-corrected chi connectivity index (χ1v) is 17.7. The molecule has 248 valence electrons. The summed E-state index contributed by atoms with van der Waals surface area (Å²) in [6.45, 7) is 11.0. The number of hydrogen-bond donors (Lipinski definition) is 1. The van der Waals surface area contributed by atoms with Crippen LogP contribution in [0.3, 0.4) is 0 Å². The molecule has 1 spiro atoms. The van der Waals surface area contributed by atoms with Crippen molar-refractivity contribution in [2.24, 2.45) is 0 Å². The van der Waals surface area contributed by atoms with Gasteiger partial charge >= 0.3 is 0 Å². The number of thiophene rings is 1. The van der Waals surface area contributed by atoms with Crippen molar-refractivity contribution in [3.8, 4) is 23.5 Å². The number of likely N-dealkylation sites (tertiary alicyclic amines) is 1. The Morgan fingerprint density at radius 3 is 2.74 bits per heavy atom. The third-order valence-corrected chi connectivity index (χ3v) is 12.2. The fourth-order valence-electron chi connectivity index (χ4n) is 8.62. The second-order valence-electron chi connectivity index (χ2n) is 14.0. The maximum Gasteiger partial charge on any atom is 0.246 e. The molecule has 47 heavy (non-hydrogen) atoms. The normalized spacial score (nSPS) is 24.7. The second kappa shape index (κ2) is 12.3. The summed E-state index contributed by atoms with van der Waals surface area (Å²) in [5.41, 5.74) is 8.38. The minimum Gasteiger partial charge on any atom is -0.473 e. The van der Waals surface area contributed by atoms with E-state index in [2.05, 4.69) is 48.5 Å². The van der Waals surface area contributed by atoms with E-state index in [-0.39, 0.29) is 17.6 Å². The van der Waals surface area contributed by atoms with Gasteiger partial charge in [-0.3, -0.25) is 9.69 Å². The van der Waals surface area contributed by atoms with E-state index in [4.69, 9.17) is 25.0 Å². The van der Waals surface area contributed by atoms with Crippen molar-refractivity contribution in [3.05, 3.63) is 46.7 Å². The molecular weight excluding hydrogens is 613 g/mol. The number of aromatic nitrogens is 3. The van der Waals surface area contributed by atoms with Gasteiger partial charge in [-0.05, 0) is 84.5 Å². The highest BCUT2D eigenvalue weighted by atomic mass is 32.1. The van der Waals surface area contributed by atoms with Crippen molar-refractivity contribution >= 4 is 27.9 Å². The first-order chi connectivity index (χ1) is 22.7. The summed E-state index contributed by atoms with van der Waals surface area (Å²) in [5.74, 6) is 1.36. The molecule has 1 amide bonds. The van der Waals surface area contributed by atoms with Gasteiger partial charge in [0.1, 0.15) is 22.9 Å². The van der Waals surface area contributed by atoms with Gasteiger partial charge < -0.3 is 24.8 Å². The van der Waals surface area contributed by atoms with Crippen LogP contribution in [-0.4, -0.2) is 81.7 Å². The Hall–Kier alpha value is -3.95. The van der Waals surface area contributed by atoms with Crippen molar-refractivity contribution < 1.29 is 14.1 Å². The van der Waals surface area contributed by atoms with Crippen LogP contribution in [0, 0.1) is 11.3 Å². The van der Waals surface area contributed by atoms with E-state index in [9.17, 15) is 10.1 Å². The Bertz CT molecular complexity index is 1720. The molecule has 0 radical (unpaired) electrons. The summed E-state index contributed by atoms with van der Waals surface area (Å²) in [6.07, 6.45) is 10.4. The van der Waals surface area contributed by atoms with Gasteiger partial charge in [0, 0.05) is 47.9 Å². The van der Waals surface area contributed by atoms with Gasteiger partial charge in [0.2, 0.25) is 23.5 Å². The zero-order chi connectivity index (χ0) is 32.9. The van der Waals surface area contributed by atoms with E-state index in [0.29, 0.717) is 53.0 Å². The average molecular weight is 657 g/mol. The summed E-state index contributed by atoms with van der Waals surface area (Å²) in [7, 11) is 2.15. The first kappa shape index (κ1) is 31.6. The van der Waals surface area contributed by atoms with Gasteiger partial charge in [0.05, 0.1) is 16.5 Å². The topological polar surface area (TPSA) is 138 Å². The molecule has 0 aromatic carbocycles. The maximum absolute atomic E-state index is 12.9. The molecule has 2 aliphatic heterocycles. The van der Waals surface area contributed by atoms with Crippen LogP contribution in [0.5, 0.6) is 5.88 Å². The number of nitrogens with two attached hydrogens (primary N) is 1. The zero-order valence-electron chi connectivity index (χ0n) is 27.6. The van der Waals surface area contributed by atoms with Crippen molar-refractivity contribution in [2.45, 2.75) is 94.7 Å². The molecule has 1 saturated carbocycles. The van der Waals surface area contributed by atoms with Crippen molar-refractivity contribution in [2.75, 3.05) is 43.9 Å². The summed E-state index contributed by atoms with van der Waals surface area (Å²) >= 11 is 1.49. The number of likely N-dealkylation sites (N-methyl/N-ethyl adjacent to an activating group) is 1. The van der Waals surface area contributed by atoms with Crippen LogP contribution >= 0.6 is 11.3 Å². The van der Waals surface area contributed by atoms with Crippen LogP contribution in [0.25, 0.3) is 11.5 Å². The Balaban J connectivity index is 1.26. The number of anilines is 2. The number of aryl methyl sites for hydroxylation is 1. The van der Waals surface area contributed by atoms with Gasteiger partial charge in [-0.2, -0.15) is 10.2 Å². The van der Waals surface area contributed by atoms with Crippen molar-refractivity contribution in [3.63, 3.8) is 0 Å². The van der Waals surface area contributed by atoms with E-state index >= 15 is 0 Å². The van der Waals surface area contributed by atoms with E-state index < -0.39 is 5.41 Å². The minimum absolute atomic E-state index is 0.00567. The Labute approximate surface area is 280 Å². The van der Waals surface area contributed by atoms with Gasteiger partial charge in [-0.15, -0.1) is 11.3 Å². The molecule has 4 aliphatic rings. The third kappa shape index (κ3) is 5.47. The predicted molar refractivity (Wildman–Crippen MR) is 181 cm³/mol. The SMILES string of the molecule is C=CC(=O)N1CCN(c2cc(O[C@@H](C)C3CCCN3C)nc(-c3noc([C@@]4(C)CCCc5sc(N)c(C#N)c54)n3)c2)CC12CCCC2. The number of fused-ring (bicyclic) bond motifs is 1. The van der Waals surface area contributed by atoms with E-state index in [1.165, 1.54) is 17.4 Å². The highest BCUT2D eigenvalue weighted by molar-refractivity contribution is 7.16. The quantitative estimate of drug-likeness (QED) is 0.334. The van der Waals surface area contributed by atoms with E-state index in [1.807, 2.05) is 17.0 Å². The molecule has 5 heterocycles. The molecule has 1 unspecified atom stereocenters. The molecular formula is C35H44N8O3S. The lowest BCUT2D eigenvalue weighted by Crippen LogP contribution is -2.62. The van der Waals surface area contributed by atoms with E-state index in [0.717, 1.165) is 87.0 Å². The van der Waals surface area contributed by atoms with Gasteiger partial charge in [0.25, 0.3) is 0 Å². The third-order valence-electron chi connectivity index (χ3n) is 11.1. The van der Waals surface area contributed by atoms with Crippen LogP contribution in [0.15, 0.2) is 29.3 Å². The van der Waals surface area contributed by atoms with Gasteiger partial charge in [-0.1, -0.05) is 24.6 Å². The Morgan fingerprint density at radius 1 is 1.21 bits per heavy atom. The Kier molecular flexibility index (Phi) is 8.25. The maximum atomic E-state index is 12.9. The molecule has 0 bridgehead atoms. The second-order valence-corrected chi connectivity index (χ2v) is 15.1. The molecule has 2 N–H and O–H groups in total. The number of nitrogen functional groups attached to an aromatic ring is 1. The molecule has 3 fully saturated rings. The monoisotopic (exact) mass is 656 g/mol. The average Bonchev–Trinajstić information content (AvgIpc) is 3.88. The van der Waals surface area contributed by atoms with Crippen molar-refractivity contribution in [1.82, 2.24) is 24.9 Å². The van der Waals surface area contributed by atoms with Crippen LogP contribution in [0.4, 0.5) is 10.7 Å². The fourth-order valence-corrected chi connectivity index (χ4v) is 9.81. The van der Waals surface area contributed by atoms with Crippen LogP contribution < -0.4 is 15.4 Å². The first-order valence-electron chi connectivity index (χ1n) is 16.9. The number of piperazine rings is 1. The smallest absolute Gasteiger partial charge is 0.246 e. The van der Waals surface area contributed by atoms with Crippen LogP contribution in [0.2, 0.25) is 0 Å². The van der Waals surface area contributed by atoms with Crippen LogP contribution in [0.1, 0.15) is 87.1 Å². The molecule has 2 aliphatic carbocycles. The molecule has 3 aromatic rings. The molecule has 3 atom stereocenters. The standard InChI is InChI=1S/C35H44N8O3S/c1-5-29(44)43-17-16-42(21-35(43)13-6-7-14-35)23-18-25(38-28(19-23)45-22(2)26-10-9-15-41(26)4)32-39-33(46-40-32)34(3)12-8-11-27-30(34)24(20-36)31(37)47-27/h5,18-19,22,26H,1,6-17,21,37H2,2-4H3/t22-,26?,34-/m0/s1. The lowest BCUT2D eigenvalue weighted by atomic mass is 9.72. The largest absolute Gasteiger partial charge is 0.473 e. The summed E-state index contributed by atoms with van der Waals surface area (Å²) in [4.78, 5) is 30.7. The number of hydrogen-bond acceptors (Lipinski definition) is 11. The Morgan fingerprint density at radius 2 is 2.02 bits per heavy atom. The van der Waals surface area contributed by atoms with Gasteiger partial charge in [-0.25, -0.2) is 4.98 Å².